The molecule has 338 valence electrons. The second kappa shape index (κ2) is 47.1. The molecule has 0 aliphatic heterocycles. The second-order valence-electron chi connectivity index (χ2n) is 17.5. The number of rotatable bonds is 47. The maximum absolute atomic E-state index is 12.8. The normalized spacial score (nSPS) is 11.8. The molecule has 0 radical (unpaired) electrons. The van der Waals surface area contributed by atoms with Crippen LogP contribution in [-0.2, 0) is 28.6 Å². The van der Waals surface area contributed by atoms with Gasteiger partial charge in [0, 0.05) is 19.3 Å². The van der Waals surface area contributed by atoms with Gasteiger partial charge in [0.2, 0.25) is 0 Å². The Morgan fingerprint density at radius 1 is 0.281 bits per heavy atom. The molecule has 0 spiro atoms. The number of hydrogen-bond acceptors (Lipinski definition) is 6. The SMILES string of the molecule is CCCCCCCCCCCCCCCCCC(=O)OCC(COC(=O)CCCCCCCCCCCC)OC(=O)CCCCCCCCCCCCCCCC. The van der Waals surface area contributed by atoms with E-state index in [0.717, 1.165) is 57.8 Å². The highest BCUT2D eigenvalue weighted by molar-refractivity contribution is 5.71. The minimum Gasteiger partial charge on any atom is -0.462 e. The molecule has 0 N–H and O–H groups in total. The highest BCUT2D eigenvalue weighted by Crippen LogP contribution is 2.17. The molecule has 0 aromatic carbocycles. The topological polar surface area (TPSA) is 78.9 Å². The van der Waals surface area contributed by atoms with E-state index in [0.29, 0.717) is 19.3 Å². The van der Waals surface area contributed by atoms with Crippen LogP contribution in [0.1, 0.15) is 290 Å². The third-order valence-corrected chi connectivity index (χ3v) is 11.6. The first-order valence-electron chi connectivity index (χ1n) is 25.5. The van der Waals surface area contributed by atoms with Crippen molar-refractivity contribution in [1.82, 2.24) is 0 Å². The van der Waals surface area contributed by atoms with Crippen molar-refractivity contribution >= 4 is 17.9 Å². The van der Waals surface area contributed by atoms with Crippen molar-refractivity contribution in [2.75, 3.05) is 13.2 Å². The fraction of sp³-hybridized carbons (Fsp3) is 0.941. The van der Waals surface area contributed by atoms with Crippen LogP contribution in [0.2, 0.25) is 0 Å². The third-order valence-electron chi connectivity index (χ3n) is 11.6. The number of carbonyl (C=O) groups is 3. The quantitative estimate of drug-likeness (QED) is 0.0346. The maximum Gasteiger partial charge on any atom is 0.306 e. The lowest BCUT2D eigenvalue weighted by Gasteiger charge is -2.18. The Morgan fingerprint density at radius 3 is 0.702 bits per heavy atom. The van der Waals surface area contributed by atoms with Gasteiger partial charge in [-0.15, -0.1) is 0 Å². The summed E-state index contributed by atoms with van der Waals surface area (Å²) < 4.78 is 16.8. The van der Waals surface area contributed by atoms with Crippen molar-refractivity contribution in [3.05, 3.63) is 0 Å². The molecule has 0 aromatic rings. The lowest BCUT2D eigenvalue weighted by Crippen LogP contribution is -2.30. The average Bonchev–Trinajstić information content (AvgIpc) is 3.21. The molecular weight excluding hydrogens is 709 g/mol. The smallest absolute Gasteiger partial charge is 0.306 e. The summed E-state index contributed by atoms with van der Waals surface area (Å²) >= 11 is 0. The fourth-order valence-electron chi connectivity index (χ4n) is 7.74. The molecule has 1 unspecified atom stereocenters. The molecule has 0 aromatic heterocycles. The fourth-order valence-corrected chi connectivity index (χ4v) is 7.74. The van der Waals surface area contributed by atoms with Crippen molar-refractivity contribution in [1.29, 1.82) is 0 Å². The highest BCUT2D eigenvalue weighted by atomic mass is 16.6. The highest BCUT2D eigenvalue weighted by Gasteiger charge is 2.19. The lowest BCUT2D eigenvalue weighted by molar-refractivity contribution is -0.167. The molecule has 0 bridgehead atoms. The van der Waals surface area contributed by atoms with E-state index in [9.17, 15) is 14.4 Å². The molecule has 6 heteroatoms. The van der Waals surface area contributed by atoms with Gasteiger partial charge in [0.05, 0.1) is 0 Å². The van der Waals surface area contributed by atoms with Crippen molar-refractivity contribution < 1.29 is 28.6 Å². The predicted molar refractivity (Wildman–Crippen MR) is 243 cm³/mol. The van der Waals surface area contributed by atoms with E-state index in [2.05, 4.69) is 20.8 Å². The van der Waals surface area contributed by atoms with Gasteiger partial charge in [-0.05, 0) is 19.3 Å². The summed E-state index contributed by atoms with van der Waals surface area (Å²) in [6.07, 6.45) is 49.4. The van der Waals surface area contributed by atoms with Gasteiger partial charge in [-0.25, -0.2) is 0 Å². The summed E-state index contributed by atoms with van der Waals surface area (Å²) in [5, 5.41) is 0. The van der Waals surface area contributed by atoms with Crippen LogP contribution in [-0.4, -0.2) is 37.2 Å². The molecule has 0 fully saturated rings. The Bertz CT molecular complexity index is 844. The summed E-state index contributed by atoms with van der Waals surface area (Å²) in [5.74, 6) is -0.843. The van der Waals surface area contributed by atoms with Gasteiger partial charge in [-0.1, -0.05) is 252 Å². The van der Waals surface area contributed by atoms with Crippen LogP contribution in [0.15, 0.2) is 0 Å². The van der Waals surface area contributed by atoms with Crippen molar-refractivity contribution in [3.8, 4) is 0 Å². The van der Waals surface area contributed by atoms with E-state index in [4.69, 9.17) is 14.2 Å². The molecule has 0 saturated heterocycles. The first-order valence-corrected chi connectivity index (χ1v) is 25.5. The van der Waals surface area contributed by atoms with E-state index >= 15 is 0 Å². The molecule has 0 aliphatic rings. The van der Waals surface area contributed by atoms with Crippen LogP contribution in [0.3, 0.4) is 0 Å². The zero-order chi connectivity index (χ0) is 41.5. The summed E-state index contributed by atoms with van der Waals surface area (Å²) in [5.41, 5.74) is 0. The minimum atomic E-state index is -0.759. The largest absolute Gasteiger partial charge is 0.462 e. The van der Waals surface area contributed by atoms with Crippen LogP contribution in [0, 0.1) is 0 Å². The van der Waals surface area contributed by atoms with Gasteiger partial charge < -0.3 is 14.2 Å². The summed E-state index contributed by atoms with van der Waals surface area (Å²) in [7, 11) is 0. The van der Waals surface area contributed by atoms with Crippen molar-refractivity contribution in [3.63, 3.8) is 0 Å². The second-order valence-corrected chi connectivity index (χ2v) is 17.5. The van der Waals surface area contributed by atoms with Gasteiger partial charge in [0.1, 0.15) is 13.2 Å². The first kappa shape index (κ1) is 55.4. The Hall–Kier alpha value is -1.59. The van der Waals surface area contributed by atoms with E-state index in [1.54, 1.807) is 0 Å². The molecule has 1 atom stereocenters. The summed E-state index contributed by atoms with van der Waals surface area (Å²) in [6, 6.07) is 0. The summed E-state index contributed by atoms with van der Waals surface area (Å²) in [6.45, 7) is 6.67. The molecule has 0 heterocycles. The molecule has 57 heavy (non-hydrogen) atoms. The number of esters is 3. The van der Waals surface area contributed by atoms with Gasteiger partial charge in [-0.2, -0.15) is 0 Å². The Morgan fingerprint density at radius 2 is 0.474 bits per heavy atom. The number of carbonyl (C=O) groups excluding carboxylic acids is 3. The molecule has 6 nitrogen and oxygen atoms in total. The molecule has 0 saturated carbocycles. The monoisotopic (exact) mass is 807 g/mol. The standard InChI is InChI=1S/C51H98O6/c1-4-7-10-13-16-19-22-24-26-28-29-32-35-38-41-44-50(53)56-47-48(46-55-49(52)43-40-37-34-31-21-18-15-12-9-6-3)57-51(54)45-42-39-36-33-30-27-25-23-20-17-14-11-8-5-2/h48H,4-47H2,1-3H3. The van der Waals surface area contributed by atoms with Gasteiger partial charge >= 0.3 is 17.9 Å². The Labute approximate surface area is 355 Å². The van der Waals surface area contributed by atoms with E-state index in [1.807, 2.05) is 0 Å². The zero-order valence-corrected chi connectivity index (χ0v) is 38.6. The average molecular weight is 807 g/mol. The minimum absolute atomic E-state index is 0.0619. The number of ether oxygens (including phenoxy) is 3. The van der Waals surface area contributed by atoms with Gasteiger partial charge in [-0.3, -0.25) is 14.4 Å². The van der Waals surface area contributed by atoms with E-state index in [-0.39, 0.29) is 31.1 Å². The van der Waals surface area contributed by atoms with Crippen LogP contribution < -0.4 is 0 Å². The first-order chi connectivity index (χ1) is 28.0. The molecule has 0 rings (SSSR count). The molecular formula is C51H98O6. The number of hydrogen-bond donors (Lipinski definition) is 0. The number of unbranched alkanes of at least 4 members (excludes halogenated alkanes) is 36. The zero-order valence-electron chi connectivity index (χ0n) is 38.6. The van der Waals surface area contributed by atoms with Gasteiger partial charge in [0.15, 0.2) is 6.10 Å². The van der Waals surface area contributed by atoms with Crippen LogP contribution >= 0.6 is 0 Å². The summed E-state index contributed by atoms with van der Waals surface area (Å²) in [4.78, 5) is 37.9. The van der Waals surface area contributed by atoms with E-state index < -0.39 is 6.10 Å². The van der Waals surface area contributed by atoms with Gasteiger partial charge in [0.25, 0.3) is 0 Å². The third kappa shape index (κ3) is 45.3. The lowest BCUT2D eigenvalue weighted by atomic mass is 10.0. The molecule has 0 aliphatic carbocycles. The Balaban J connectivity index is 4.28. The van der Waals surface area contributed by atoms with Crippen molar-refractivity contribution in [2.45, 2.75) is 297 Å². The Kier molecular flexibility index (Phi) is 45.8. The molecule has 0 amide bonds. The maximum atomic E-state index is 12.8. The van der Waals surface area contributed by atoms with Crippen molar-refractivity contribution in [2.24, 2.45) is 0 Å². The van der Waals surface area contributed by atoms with Crippen LogP contribution in [0.25, 0.3) is 0 Å². The van der Waals surface area contributed by atoms with Crippen LogP contribution in [0.4, 0.5) is 0 Å². The predicted octanol–water partition coefficient (Wildman–Crippen LogP) is 16.4. The van der Waals surface area contributed by atoms with Crippen LogP contribution in [0.5, 0.6) is 0 Å². The van der Waals surface area contributed by atoms with E-state index in [1.165, 1.54) is 193 Å².